The molecule has 1 heterocycles. The monoisotopic (exact) mass is 206 g/mol. The second-order valence-electron chi connectivity index (χ2n) is 4.17. The summed E-state index contributed by atoms with van der Waals surface area (Å²) in [5.41, 5.74) is 9.55. The van der Waals surface area contributed by atoms with Crippen molar-refractivity contribution in [3.05, 3.63) is 29.3 Å². The van der Waals surface area contributed by atoms with Gasteiger partial charge >= 0.3 is 0 Å². The summed E-state index contributed by atoms with van der Waals surface area (Å²) in [5.74, 6) is 0. The van der Waals surface area contributed by atoms with Gasteiger partial charge in [-0.15, -0.1) is 0 Å². The lowest BCUT2D eigenvalue weighted by Crippen LogP contribution is -2.36. The molecule has 1 saturated heterocycles. The minimum absolute atomic E-state index is 0.174. The number of hydrogen-bond acceptors (Lipinski definition) is 3. The topological polar surface area (TPSA) is 47.3 Å². The first-order valence-electron chi connectivity index (χ1n) is 5.38. The van der Waals surface area contributed by atoms with Crippen LogP contribution in [-0.4, -0.2) is 18.9 Å². The molecule has 1 fully saturated rings. The number of ether oxygens (including phenoxy) is 1. The Bertz CT molecular complexity index is 351. The highest BCUT2D eigenvalue weighted by Crippen LogP contribution is 2.19. The third-order valence-corrected chi connectivity index (χ3v) is 2.99. The van der Waals surface area contributed by atoms with E-state index in [1.54, 1.807) is 0 Å². The van der Waals surface area contributed by atoms with Crippen molar-refractivity contribution in [1.82, 2.24) is 0 Å². The molecule has 15 heavy (non-hydrogen) atoms. The minimum Gasteiger partial charge on any atom is -0.378 e. The molecule has 0 spiro atoms. The standard InChI is InChI=1S/C12H18N2O/c1-8-3-4-10(7-9(8)2)14-11-5-6-15-12(11)13/h3-4,7,11-12,14H,5-6,13H2,1-2H3. The van der Waals surface area contributed by atoms with Gasteiger partial charge in [-0.1, -0.05) is 6.07 Å². The number of anilines is 1. The van der Waals surface area contributed by atoms with Crippen LogP contribution in [0.1, 0.15) is 17.5 Å². The molecular formula is C12H18N2O. The third kappa shape index (κ3) is 2.30. The highest BCUT2D eigenvalue weighted by atomic mass is 16.5. The normalized spacial score (nSPS) is 25.5. The molecule has 0 radical (unpaired) electrons. The lowest BCUT2D eigenvalue weighted by molar-refractivity contribution is 0.112. The number of nitrogens with two attached hydrogens (primary N) is 1. The van der Waals surface area contributed by atoms with Crippen LogP contribution < -0.4 is 11.1 Å². The summed E-state index contributed by atoms with van der Waals surface area (Å²) < 4.78 is 5.31. The van der Waals surface area contributed by atoms with Gasteiger partial charge in [0.2, 0.25) is 0 Å². The Morgan fingerprint density at radius 1 is 1.33 bits per heavy atom. The largest absolute Gasteiger partial charge is 0.378 e. The maximum atomic E-state index is 5.81. The van der Waals surface area contributed by atoms with Crippen LogP contribution in [0.4, 0.5) is 5.69 Å². The van der Waals surface area contributed by atoms with Crippen LogP contribution >= 0.6 is 0 Å². The van der Waals surface area contributed by atoms with Gasteiger partial charge in [0.15, 0.2) is 0 Å². The van der Waals surface area contributed by atoms with Crippen molar-refractivity contribution < 1.29 is 4.74 Å². The lowest BCUT2D eigenvalue weighted by Gasteiger charge is -2.17. The minimum atomic E-state index is -0.174. The van der Waals surface area contributed by atoms with E-state index in [1.807, 2.05) is 0 Å². The van der Waals surface area contributed by atoms with Gasteiger partial charge in [-0.05, 0) is 43.5 Å². The Hall–Kier alpha value is -1.06. The summed E-state index contributed by atoms with van der Waals surface area (Å²) in [6.45, 7) is 4.98. The fraction of sp³-hybridized carbons (Fsp3) is 0.500. The second kappa shape index (κ2) is 4.21. The Kier molecular flexibility index (Phi) is 2.93. The smallest absolute Gasteiger partial charge is 0.126 e. The Labute approximate surface area is 90.6 Å². The molecule has 0 bridgehead atoms. The van der Waals surface area contributed by atoms with Crippen molar-refractivity contribution in [3.63, 3.8) is 0 Å². The average Bonchev–Trinajstić information content (AvgIpc) is 2.59. The van der Waals surface area contributed by atoms with Crippen molar-refractivity contribution in [2.45, 2.75) is 32.5 Å². The molecule has 3 N–H and O–H groups in total. The zero-order valence-electron chi connectivity index (χ0n) is 9.29. The van der Waals surface area contributed by atoms with Crippen molar-refractivity contribution in [2.75, 3.05) is 11.9 Å². The van der Waals surface area contributed by atoms with E-state index in [-0.39, 0.29) is 12.3 Å². The first kappa shape index (κ1) is 10.5. The lowest BCUT2D eigenvalue weighted by atomic mass is 10.1. The molecule has 1 aromatic rings. The van der Waals surface area contributed by atoms with Crippen LogP contribution in [0.5, 0.6) is 0 Å². The molecule has 0 aromatic heterocycles. The first-order chi connectivity index (χ1) is 7.16. The summed E-state index contributed by atoms with van der Waals surface area (Å²) in [6.07, 6.45) is 0.806. The molecule has 1 aliphatic heterocycles. The predicted octanol–water partition coefficient (Wildman–Crippen LogP) is 1.79. The van der Waals surface area contributed by atoms with Crippen molar-refractivity contribution in [1.29, 1.82) is 0 Å². The fourth-order valence-electron chi connectivity index (χ4n) is 1.81. The summed E-state index contributed by atoms with van der Waals surface area (Å²) in [7, 11) is 0. The van der Waals surface area contributed by atoms with Crippen LogP contribution in [0.3, 0.4) is 0 Å². The second-order valence-corrected chi connectivity index (χ2v) is 4.17. The van der Waals surface area contributed by atoms with Gasteiger partial charge in [0.1, 0.15) is 6.23 Å². The summed E-state index contributed by atoms with van der Waals surface area (Å²) >= 11 is 0. The van der Waals surface area contributed by atoms with E-state index < -0.39 is 0 Å². The SMILES string of the molecule is Cc1ccc(NC2CCOC2N)cc1C. The predicted molar refractivity (Wildman–Crippen MR) is 61.9 cm³/mol. The quantitative estimate of drug-likeness (QED) is 0.775. The molecule has 3 nitrogen and oxygen atoms in total. The number of benzene rings is 1. The van der Waals surface area contributed by atoms with Crippen LogP contribution in [0.2, 0.25) is 0 Å². The molecule has 0 aliphatic carbocycles. The maximum absolute atomic E-state index is 5.81. The summed E-state index contributed by atoms with van der Waals surface area (Å²) in [5, 5.41) is 3.41. The van der Waals surface area contributed by atoms with Gasteiger partial charge in [-0.25, -0.2) is 0 Å². The van der Waals surface area contributed by atoms with Gasteiger partial charge in [0.25, 0.3) is 0 Å². The van der Waals surface area contributed by atoms with Gasteiger partial charge < -0.3 is 15.8 Å². The fourth-order valence-corrected chi connectivity index (χ4v) is 1.81. The molecule has 2 unspecified atom stereocenters. The van der Waals surface area contributed by atoms with Crippen molar-refractivity contribution in [2.24, 2.45) is 5.73 Å². The molecule has 2 atom stereocenters. The molecule has 0 saturated carbocycles. The van der Waals surface area contributed by atoms with Crippen molar-refractivity contribution in [3.8, 4) is 0 Å². The van der Waals surface area contributed by atoms with Crippen LogP contribution in [0.15, 0.2) is 18.2 Å². The summed E-state index contributed by atoms with van der Waals surface area (Å²) in [4.78, 5) is 0. The van der Waals surface area contributed by atoms with Gasteiger partial charge in [0, 0.05) is 5.69 Å². The van der Waals surface area contributed by atoms with E-state index in [1.165, 1.54) is 11.1 Å². The molecule has 82 valence electrons. The molecule has 1 aliphatic rings. The van der Waals surface area contributed by atoms with E-state index in [0.717, 1.165) is 18.7 Å². The van der Waals surface area contributed by atoms with E-state index in [2.05, 4.69) is 37.4 Å². The van der Waals surface area contributed by atoms with Crippen LogP contribution in [0, 0.1) is 13.8 Å². The maximum Gasteiger partial charge on any atom is 0.126 e. The molecule has 1 aromatic carbocycles. The molecule has 2 rings (SSSR count). The Morgan fingerprint density at radius 2 is 2.13 bits per heavy atom. The highest BCUT2D eigenvalue weighted by Gasteiger charge is 2.24. The van der Waals surface area contributed by atoms with E-state index >= 15 is 0 Å². The molecular weight excluding hydrogens is 188 g/mol. The zero-order chi connectivity index (χ0) is 10.8. The van der Waals surface area contributed by atoms with Crippen LogP contribution in [0.25, 0.3) is 0 Å². The number of nitrogens with one attached hydrogen (secondary N) is 1. The number of rotatable bonds is 2. The van der Waals surface area contributed by atoms with Gasteiger partial charge in [0.05, 0.1) is 12.6 Å². The van der Waals surface area contributed by atoms with Gasteiger partial charge in [-0.3, -0.25) is 0 Å². The molecule has 0 amide bonds. The van der Waals surface area contributed by atoms with Crippen LogP contribution in [-0.2, 0) is 4.74 Å². The van der Waals surface area contributed by atoms with Crippen molar-refractivity contribution >= 4 is 5.69 Å². The highest BCUT2D eigenvalue weighted by molar-refractivity contribution is 5.49. The Morgan fingerprint density at radius 3 is 2.73 bits per heavy atom. The summed E-state index contributed by atoms with van der Waals surface area (Å²) in [6, 6.07) is 6.61. The number of aryl methyl sites for hydroxylation is 2. The molecule has 3 heteroatoms. The zero-order valence-corrected chi connectivity index (χ0v) is 9.29. The Balaban J connectivity index is 2.07. The van der Waals surface area contributed by atoms with E-state index in [0.29, 0.717) is 0 Å². The van der Waals surface area contributed by atoms with E-state index in [9.17, 15) is 0 Å². The number of hydrogen-bond donors (Lipinski definition) is 2. The first-order valence-corrected chi connectivity index (χ1v) is 5.38. The third-order valence-electron chi connectivity index (χ3n) is 2.99. The van der Waals surface area contributed by atoms with E-state index in [4.69, 9.17) is 10.5 Å². The average molecular weight is 206 g/mol. The van der Waals surface area contributed by atoms with Gasteiger partial charge in [-0.2, -0.15) is 0 Å².